The molecule has 3 aromatic rings. The van der Waals surface area contributed by atoms with Crippen LogP contribution in [0.5, 0.6) is 0 Å². The van der Waals surface area contributed by atoms with Gasteiger partial charge in [0.25, 0.3) is 0 Å². The molecule has 7 nitrogen and oxygen atoms in total. The van der Waals surface area contributed by atoms with Gasteiger partial charge in [0, 0.05) is 11.3 Å². The molecule has 0 saturated carbocycles. The maximum absolute atomic E-state index is 13.7. The van der Waals surface area contributed by atoms with Crippen molar-refractivity contribution in [3.05, 3.63) is 83.7 Å². The van der Waals surface area contributed by atoms with Crippen LogP contribution < -0.4 is 10.6 Å². The number of fused-ring (bicyclic) bond motifs is 1. The lowest BCUT2D eigenvalue weighted by molar-refractivity contribution is -0.141. The fraction of sp³-hybridized carbons (Fsp3) is 0.160. The number of aryl methyl sites for hydroxylation is 1. The van der Waals surface area contributed by atoms with Gasteiger partial charge in [-0.05, 0) is 53.8 Å². The molecule has 0 spiro atoms. The molecule has 8 heteroatoms. The second-order valence-corrected chi connectivity index (χ2v) is 7.94. The molecule has 0 heterocycles. The van der Waals surface area contributed by atoms with Crippen molar-refractivity contribution >= 4 is 29.2 Å². The smallest absolute Gasteiger partial charge is 0.323 e. The number of carboxylic acids is 1. The van der Waals surface area contributed by atoms with Gasteiger partial charge in [-0.3, -0.25) is 9.59 Å². The minimum atomic E-state index is -1.88. The predicted octanol–water partition coefficient (Wildman–Crippen LogP) is 4.47. The largest absolute Gasteiger partial charge is 0.481 e. The number of amides is 2. The van der Waals surface area contributed by atoms with Crippen molar-refractivity contribution in [2.45, 2.75) is 24.9 Å². The fourth-order valence-corrected chi connectivity index (χ4v) is 3.92. The predicted molar refractivity (Wildman–Crippen MR) is 121 cm³/mol. The summed E-state index contributed by atoms with van der Waals surface area (Å²) >= 11 is 0. The Bertz CT molecular complexity index is 1240. The third kappa shape index (κ3) is 4.75. The second-order valence-electron chi connectivity index (χ2n) is 7.94. The Morgan fingerprint density at radius 1 is 0.970 bits per heavy atom. The van der Waals surface area contributed by atoms with E-state index in [1.165, 1.54) is 18.2 Å². The van der Waals surface area contributed by atoms with Crippen molar-refractivity contribution in [3.63, 3.8) is 0 Å². The Kier molecular flexibility index (Phi) is 5.93. The van der Waals surface area contributed by atoms with Crippen molar-refractivity contribution in [2.24, 2.45) is 0 Å². The zero-order valence-corrected chi connectivity index (χ0v) is 17.5. The highest BCUT2D eigenvalue weighted by Gasteiger charge is 2.42. The van der Waals surface area contributed by atoms with Gasteiger partial charge in [0.2, 0.25) is 0 Å². The van der Waals surface area contributed by atoms with Crippen LogP contribution in [0, 0.1) is 5.82 Å². The molecule has 0 saturated heterocycles. The van der Waals surface area contributed by atoms with E-state index in [2.05, 4.69) is 10.6 Å². The van der Waals surface area contributed by atoms with Crippen molar-refractivity contribution in [1.82, 2.24) is 0 Å². The van der Waals surface area contributed by atoms with E-state index in [0.29, 0.717) is 17.7 Å². The number of hydrogen-bond acceptors (Lipinski definition) is 4. The number of aliphatic hydroxyl groups is 1. The minimum Gasteiger partial charge on any atom is -0.481 e. The quantitative estimate of drug-likeness (QED) is 0.460. The molecular formula is C25H21FN2O5. The monoisotopic (exact) mass is 448 g/mol. The van der Waals surface area contributed by atoms with E-state index in [1.54, 1.807) is 42.5 Å². The normalized spacial score (nSPS) is 17.2. The number of benzene rings is 3. The van der Waals surface area contributed by atoms with Crippen LogP contribution in [0.1, 0.15) is 28.8 Å². The number of aliphatic carboxylic acids is 1. The number of carboxylic acid groups (broad SMARTS) is 1. The SMILES string of the molecule is O=C(O)CC1(O)CCc2cc(-c3ccc(NC(=O)Nc4ccccc4F)cc3)ccc2C1=O. The second kappa shape index (κ2) is 8.84. The van der Waals surface area contributed by atoms with Gasteiger partial charge in [-0.15, -0.1) is 0 Å². The molecule has 1 atom stereocenters. The van der Waals surface area contributed by atoms with Gasteiger partial charge in [-0.1, -0.05) is 42.5 Å². The molecule has 2 amide bonds. The molecule has 168 valence electrons. The van der Waals surface area contributed by atoms with Crippen LogP contribution in [0.2, 0.25) is 0 Å². The Morgan fingerprint density at radius 2 is 1.67 bits per heavy atom. The van der Waals surface area contributed by atoms with Gasteiger partial charge in [-0.2, -0.15) is 0 Å². The fourth-order valence-electron chi connectivity index (χ4n) is 3.92. The molecule has 1 aliphatic rings. The average Bonchev–Trinajstić information content (AvgIpc) is 2.78. The number of carbonyl (C=O) groups excluding carboxylic acids is 2. The van der Waals surface area contributed by atoms with Crippen LogP contribution in [0.4, 0.5) is 20.6 Å². The Morgan fingerprint density at radius 3 is 2.36 bits per heavy atom. The maximum atomic E-state index is 13.7. The lowest BCUT2D eigenvalue weighted by Crippen LogP contribution is -2.44. The molecule has 0 fully saturated rings. The summed E-state index contributed by atoms with van der Waals surface area (Å²) in [6.07, 6.45) is -0.185. The molecule has 0 aromatic heterocycles. The van der Waals surface area contributed by atoms with E-state index < -0.39 is 35.6 Å². The molecular weight excluding hydrogens is 427 g/mol. The van der Waals surface area contributed by atoms with Gasteiger partial charge >= 0.3 is 12.0 Å². The first kappa shape index (κ1) is 22.2. The number of anilines is 2. The molecule has 1 unspecified atom stereocenters. The van der Waals surface area contributed by atoms with Crippen LogP contribution in [0.25, 0.3) is 11.1 Å². The third-order valence-electron chi connectivity index (χ3n) is 5.62. The lowest BCUT2D eigenvalue weighted by Gasteiger charge is -2.30. The molecule has 33 heavy (non-hydrogen) atoms. The number of ketones is 1. The lowest BCUT2D eigenvalue weighted by atomic mass is 9.77. The molecule has 0 radical (unpaired) electrons. The maximum Gasteiger partial charge on any atom is 0.323 e. The third-order valence-corrected chi connectivity index (χ3v) is 5.62. The van der Waals surface area contributed by atoms with Gasteiger partial charge in [0.1, 0.15) is 11.4 Å². The number of nitrogens with one attached hydrogen (secondary N) is 2. The summed E-state index contributed by atoms with van der Waals surface area (Å²) in [6, 6.07) is 17.5. The van der Waals surface area contributed by atoms with E-state index in [9.17, 15) is 23.9 Å². The molecule has 1 aliphatic carbocycles. The topological polar surface area (TPSA) is 116 Å². The van der Waals surface area contributed by atoms with E-state index in [0.717, 1.165) is 16.7 Å². The number of rotatable bonds is 5. The van der Waals surface area contributed by atoms with Gasteiger partial charge in [0.15, 0.2) is 5.78 Å². The van der Waals surface area contributed by atoms with E-state index in [1.807, 2.05) is 6.07 Å². The van der Waals surface area contributed by atoms with Crippen LogP contribution in [0.3, 0.4) is 0 Å². The summed E-state index contributed by atoms with van der Waals surface area (Å²) in [6.45, 7) is 0. The standard InChI is InChI=1S/C25H21FN2O5/c26-20-3-1-2-4-21(20)28-24(32)27-18-8-5-15(6-9-18)16-7-10-19-17(13-16)11-12-25(33,23(19)31)14-22(29)30/h1-10,13,33H,11-12,14H2,(H,29,30)(H2,27,28,32). The minimum absolute atomic E-state index is 0.0502. The summed E-state index contributed by atoms with van der Waals surface area (Å²) in [4.78, 5) is 35.8. The Balaban J connectivity index is 1.46. The first-order chi connectivity index (χ1) is 15.7. The highest BCUT2D eigenvalue weighted by Crippen LogP contribution is 2.34. The number of para-hydroxylation sites is 1. The molecule has 4 rings (SSSR count). The van der Waals surface area contributed by atoms with E-state index in [-0.39, 0.29) is 12.1 Å². The van der Waals surface area contributed by atoms with Crippen LogP contribution >= 0.6 is 0 Å². The number of urea groups is 1. The zero-order valence-electron chi connectivity index (χ0n) is 17.5. The number of Topliss-reactive ketones (excluding diaryl/α,β-unsaturated/α-hetero) is 1. The number of carbonyl (C=O) groups is 3. The molecule has 0 bridgehead atoms. The summed E-state index contributed by atoms with van der Waals surface area (Å²) in [7, 11) is 0. The summed E-state index contributed by atoms with van der Waals surface area (Å²) in [5.41, 5.74) is 1.47. The van der Waals surface area contributed by atoms with Crippen molar-refractivity contribution in [3.8, 4) is 11.1 Å². The zero-order chi connectivity index (χ0) is 23.6. The molecule has 4 N–H and O–H groups in total. The molecule has 0 aliphatic heterocycles. The summed E-state index contributed by atoms with van der Waals surface area (Å²) < 4.78 is 13.7. The highest BCUT2D eigenvalue weighted by molar-refractivity contribution is 6.06. The van der Waals surface area contributed by atoms with Crippen molar-refractivity contribution < 1.29 is 29.0 Å². The van der Waals surface area contributed by atoms with Crippen LogP contribution in [-0.2, 0) is 11.2 Å². The van der Waals surface area contributed by atoms with Crippen molar-refractivity contribution in [2.75, 3.05) is 10.6 Å². The van der Waals surface area contributed by atoms with Crippen LogP contribution in [-0.4, -0.2) is 33.6 Å². The molecule has 3 aromatic carbocycles. The summed E-state index contributed by atoms with van der Waals surface area (Å²) in [5.74, 6) is -2.32. The van der Waals surface area contributed by atoms with E-state index in [4.69, 9.17) is 5.11 Å². The van der Waals surface area contributed by atoms with E-state index >= 15 is 0 Å². The Hall–Kier alpha value is -4.04. The Labute approximate surface area is 188 Å². The summed E-state index contributed by atoms with van der Waals surface area (Å²) in [5, 5.41) is 24.5. The number of hydrogen-bond donors (Lipinski definition) is 4. The van der Waals surface area contributed by atoms with Crippen molar-refractivity contribution in [1.29, 1.82) is 0 Å². The highest BCUT2D eigenvalue weighted by atomic mass is 19.1. The van der Waals surface area contributed by atoms with Gasteiger partial charge in [-0.25, -0.2) is 9.18 Å². The van der Waals surface area contributed by atoms with Gasteiger partial charge < -0.3 is 20.8 Å². The van der Waals surface area contributed by atoms with Gasteiger partial charge in [0.05, 0.1) is 12.1 Å². The first-order valence-electron chi connectivity index (χ1n) is 10.3. The average molecular weight is 448 g/mol. The number of halogens is 1. The first-order valence-corrected chi connectivity index (χ1v) is 10.3. The van der Waals surface area contributed by atoms with Crippen LogP contribution in [0.15, 0.2) is 66.7 Å².